The number of likely N-dealkylation sites (N-methyl/N-ethyl adjacent to an activating group) is 1. The topological polar surface area (TPSA) is 104 Å². The Kier molecular flexibility index (Phi) is 5.73. The molecule has 0 fully saturated rings. The number of halogens is 1. The van der Waals surface area contributed by atoms with Crippen molar-refractivity contribution in [3.05, 3.63) is 75.2 Å². The van der Waals surface area contributed by atoms with Crippen molar-refractivity contribution < 1.29 is 13.9 Å². The molecule has 0 atom stereocenters. The Morgan fingerprint density at radius 1 is 1.09 bits per heavy atom. The van der Waals surface area contributed by atoms with Crippen molar-refractivity contribution in [2.45, 2.75) is 19.8 Å². The number of nitriles is 2. The van der Waals surface area contributed by atoms with Crippen molar-refractivity contribution in [2.24, 2.45) is 0 Å². The first kappa shape index (κ1) is 20.9. The summed E-state index contributed by atoms with van der Waals surface area (Å²) in [6.45, 7) is 0.644. The van der Waals surface area contributed by atoms with Gasteiger partial charge in [-0.25, -0.2) is 9.18 Å². The molecule has 160 valence electrons. The van der Waals surface area contributed by atoms with Crippen LogP contribution >= 0.6 is 0 Å². The zero-order valence-corrected chi connectivity index (χ0v) is 17.2. The van der Waals surface area contributed by atoms with Crippen molar-refractivity contribution in [1.82, 2.24) is 9.55 Å². The zero-order chi connectivity index (χ0) is 22.7. The normalized spacial score (nSPS) is 12.1. The van der Waals surface area contributed by atoms with Gasteiger partial charge < -0.3 is 14.4 Å². The lowest BCUT2D eigenvalue weighted by molar-refractivity contribution is 0.291. The van der Waals surface area contributed by atoms with E-state index in [4.69, 9.17) is 14.7 Å². The van der Waals surface area contributed by atoms with E-state index in [0.29, 0.717) is 23.6 Å². The van der Waals surface area contributed by atoms with E-state index in [1.807, 2.05) is 18.0 Å². The minimum atomic E-state index is -0.794. The molecule has 3 aromatic rings. The van der Waals surface area contributed by atoms with E-state index < -0.39 is 6.67 Å². The van der Waals surface area contributed by atoms with E-state index >= 15 is 0 Å². The second-order valence-electron chi connectivity index (χ2n) is 7.21. The minimum absolute atomic E-state index is 0.109. The van der Waals surface area contributed by atoms with E-state index in [-0.39, 0.29) is 34.9 Å². The number of anilines is 1. The van der Waals surface area contributed by atoms with Crippen LogP contribution in [0.25, 0.3) is 0 Å². The average Bonchev–Trinajstić information content (AvgIpc) is 3.19. The Morgan fingerprint density at radius 3 is 2.66 bits per heavy atom. The summed E-state index contributed by atoms with van der Waals surface area (Å²) in [5.41, 5.74) is 1.04. The maximum atomic E-state index is 13.1. The Balaban J connectivity index is 1.51. The molecule has 0 spiro atoms. The Morgan fingerprint density at radius 2 is 1.91 bits per heavy atom. The van der Waals surface area contributed by atoms with Gasteiger partial charge in [-0.15, -0.1) is 0 Å². The highest BCUT2D eigenvalue weighted by Crippen LogP contribution is 2.28. The van der Waals surface area contributed by atoms with Gasteiger partial charge in [0.05, 0.1) is 17.2 Å². The van der Waals surface area contributed by atoms with Gasteiger partial charge in [0.1, 0.15) is 36.7 Å². The highest BCUT2D eigenvalue weighted by Gasteiger charge is 2.19. The molecule has 0 bridgehead atoms. The molecule has 1 aromatic heterocycles. The largest absolute Gasteiger partial charge is 0.473 e. The van der Waals surface area contributed by atoms with Crippen LogP contribution in [0.15, 0.2) is 47.3 Å². The quantitative estimate of drug-likeness (QED) is 0.590. The minimum Gasteiger partial charge on any atom is -0.473 e. The van der Waals surface area contributed by atoms with Crippen molar-refractivity contribution >= 4 is 5.82 Å². The molecule has 0 amide bonds. The second-order valence-corrected chi connectivity index (χ2v) is 7.21. The molecule has 0 unspecified atom stereocenters. The van der Waals surface area contributed by atoms with Crippen molar-refractivity contribution in [3.63, 3.8) is 0 Å². The van der Waals surface area contributed by atoms with Crippen LogP contribution in [0.4, 0.5) is 10.2 Å². The molecule has 4 rings (SSSR count). The Labute approximate surface area is 183 Å². The molecule has 1 aliphatic rings. The van der Waals surface area contributed by atoms with E-state index in [1.165, 1.54) is 12.1 Å². The monoisotopic (exact) mass is 431 g/mol. The number of nitrogens with zero attached hydrogens (tertiary/aromatic N) is 5. The molecule has 2 heterocycles. The molecule has 0 saturated carbocycles. The number of fused-ring (bicyclic) bond motifs is 1. The first-order valence-corrected chi connectivity index (χ1v) is 9.78. The fraction of sp³-hybridized carbons (Fsp3) is 0.217. The fourth-order valence-corrected chi connectivity index (χ4v) is 3.42. The van der Waals surface area contributed by atoms with Crippen LogP contribution in [0.5, 0.6) is 17.4 Å². The third kappa shape index (κ3) is 4.09. The lowest BCUT2D eigenvalue weighted by Crippen LogP contribution is -2.22. The predicted molar refractivity (Wildman–Crippen MR) is 113 cm³/mol. The SMILES string of the molecule is CN1CCn2c1cc(OCc1ccc(Oc3ccc(C#N)c(CF)c3)c(C#N)c1)nc2=O. The molecule has 9 heteroatoms. The number of ether oxygens (including phenoxy) is 2. The summed E-state index contributed by atoms with van der Waals surface area (Å²) < 4.78 is 26.1. The first-order valence-electron chi connectivity index (χ1n) is 9.78. The predicted octanol–water partition coefficient (Wildman–Crippen LogP) is 3.28. The Bertz CT molecular complexity index is 1320. The van der Waals surface area contributed by atoms with Gasteiger partial charge in [-0.3, -0.25) is 4.57 Å². The first-order chi connectivity index (χ1) is 15.5. The summed E-state index contributed by atoms with van der Waals surface area (Å²) in [6.07, 6.45) is 0. The Hall–Kier alpha value is -4.37. The van der Waals surface area contributed by atoms with E-state index in [9.17, 15) is 14.4 Å². The van der Waals surface area contributed by atoms with Crippen LogP contribution in [0.3, 0.4) is 0 Å². The molecule has 1 aliphatic heterocycles. The van der Waals surface area contributed by atoms with Crippen molar-refractivity contribution in [1.29, 1.82) is 10.5 Å². The third-order valence-electron chi connectivity index (χ3n) is 5.14. The number of hydrogen-bond acceptors (Lipinski definition) is 7. The fourth-order valence-electron chi connectivity index (χ4n) is 3.42. The molecule has 8 nitrogen and oxygen atoms in total. The maximum Gasteiger partial charge on any atom is 0.352 e. The van der Waals surface area contributed by atoms with Gasteiger partial charge in [-0.05, 0) is 35.9 Å². The van der Waals surface area contributed by atoms with Crippen molar-refractivity contribution in [2.75, 3.05) is 18.5 Å². The van der Waals surface area contributed by atoms with Gasteiger partial charge in [-0.2, -0.15) is 15.5 Å². The van der Waals surface area contributed by atoms with Gasteiger partial charge in [-0.1, -0.05) is 6.07 Å². The summed E-state index contributed by atoms with van der Waals surface area (Å²) in [4.78, 5) is 18.0. The standard InChI is InChI=1S/C23H18FN5O3/c1-28-6-7-29-22(28)10-21(27-23(29)30)31-14-15-2-5-20(18(8-15)13-26)32-19-4-3-16(12-25)17(9-19)11-24/h2-5,8-10H,6-7,11,14H2,1H3. The molecular formula is C23H18FN5O3. The molecule has 0 aliphatic carbocycles. The van der Waals surface area contributed by atoms with E-state index in [1.54, 1.807) is 34.9 Å². The van der Waals surface area contributed by atoms with Gasteiger partial charge in [0.2, 0.25) is 5.88 Å². The summed E-state index contributed by atoms with van der Waals surface area (Å²) in [5, 5.41) is 18.5. The van der Waals surface area contributed by atoms with Gasteiger partial charge >= 0.3 is 5.69 Å². The molecule has 32 heavy (non-hydrogen) atoms. The summed E-state index contributed by atoms with van der Waals surface area (Å²) in [6, 6.07) is 15.1. The summed E-state index contributed by atoms with van der Waals surface area (Å²) in [5.74, 6) is 1.58. The maximum absolute atomic E-state index is 13.1. The van der Waals surface area contributed by atoms with Crippen LogP contribution in [0, 0.1) is 22.7 Å². The number of hydrogen-bond donors (Lipinski definition) is 0. The second kappa shape index (κ2) is 8.78. The van der Waals surface area contributed by atoms with Crippen LogP contribution < -0.4 is 20.1 Å². The smallest absolute Gasteiger partial charge is 0.352 e. The molecule has 2 aromatic carbocycles. The molecule has 0 radical (unpaired) electrons. The molecular weight excluding hydrogens is 413 g/mol. The van der Waals surface area contributed by atoms with Crippen LogP contribution in [0.1, 0.15) is 22.3 Å². The zero-order valence-electron chi connectivity index (χ0n) is 17.2. The lowest BCUT2D eigenvalue weighted by Gasteiger charge is -2.13. The summed E-state index contributed by atoms with van der Waals surface area (Å²) >= 11 is 0. The highest BCUT2D eigenvalue weighted by atomic mass is 19.1. The third-order valence-corrected chi connectivity index (χ3v) is 5.14. The van der Waals surface area contributed by atoms with Crippen LogP contribution in [-0.4, -0.2) is 23.1 Å². The van der Waals surface area contributed by atoms with Gasteiger partial charge in [0, 0.05) is 31.8 Å². The average molecular weight is 431 g/mol. The van der Waals surface area contributed by atoms with Crippen molar-refractivity contribution in [3.8, 4) is 29.5 Å². The van der Waals surface area contributed by atoms with E-state index in [0.717, 1.165) is 12.4 Å². The molecule has 0 saturated heterocycles. The number of benzene rings is 2. The lowest BCUT2D eigenvalue weighted by atomic mass is 10.1. The van der Waals surface area contributed by atoms with E-state index in [2.05, 4.69) is 11.1 Å². The number of rotatable bonds is 6. The number of aromatic nitrogens is 2. The van der Waals surface area contributed by atoms with Gasteiger partial charge in [0.15, 0.2) is 0 Å². The van der Waals surface area contributed by atoms with Gasteiger partial charge in [0.25, 0.3) is 0 Å². The number of alkyl halides is 1. The highest BCUT2D eigenvalue weighted by molar-refractivity contribution is 5.49. The summed E-state index contributed by atoms with van der Waals surface area (Å²) in [7, 11) is 1.89. The van der Waals surface area contributed by atoms with Crippen LogP contribution in [-0.2, 0) is 19.8 Å². The molecule has 0 N–H and O–H groups in total. The van der Waals surface area contributed by atoms with Crippen LogP contribution in [0.2, 0.25) is 0 Å².